The van der Waals surface area contributed by atoms with Crippen LogP contribution in [0.5, 0.6) is 0 Å². The predicted molar refractivity (Wildman–Crippen MR) is 99.6 cm³/mol. The molecule has 25 heavy (non-hydrogen) atoms. The van der Waals surface area contributed by atoms with Crippen molar-refractivity contribution in [2.45, 2.75) is 13.0 Å². The van der Waals surface area contributed by atoms with Gasteiger partial charge in [-0.25, -0.2) is 4.98 Å². The Morgan fingerprint density at radius 2 is 2.00 bits per heavy atom. The van der Waals surface area contributed by atoms with Crippen molar-refractivity contribution in [3.63, 3.8) is 0 Å². The SMILES string of the molecule is Nc1cc(Cc2cnn(Cc3ccc(Cl)cc3Cl)c2)c2c(n1)NNN2. The maximum atomic E-state index is 6.23. The molecular weight excluding hydrogens is 361 g/mol. The molecule has 5 N–H and O–H groups in total. The van der Waals surface area contributed by atoms with E-state index in [0.29, 0.717) is 34.6 Å². The molecule has 0 fully saturated rings. The lowest BCUT2D eigenvalue weighted by atomic mass is 10.1. The molecule has 3 aromatic rings. The van der Waals surface area contributed by atoms with Gasteiger partial charge in [0.15, 0.2) is 5.82 Å². The lowest BCUT2D eigenvalue weighted by molar-refractivity contribution is 0.686. The number of halogens is 2. The Morgan fingerprint density at radius 3 is 2.84 bits per heavy atom. The molecule has 9 heteroatoms. The molecule has 0 bridgehead atoms. The summed E-state index contributed by atoms with van der Waals surface area (Å²) in [6.07, 6.45) is 4.51. The molecule has 0 saturated heterocycles. The maximum absolute atomic E-state index is 6.23. The zero-order valence-electron chi connectivity index (χ0n) is 13.1. The number of fused-ring (bicyclic) bond motifs is 1. The van der Waals surface area contributed by atoms with Crippen molar-refractivity contribution in [1.29, 1.82) is 0 Å². The van der Waals surface area contributed by atoms with Gasteiger partial charge in [0.25, 0.3) is 0 Å². The van der Waals surface area contributed by atoms with Crippen LogP contribution >= 0.6 is 23.2 Å². The van der Waals surface area contributed by atoms with E-state index in [1.54, 1.807) is 6.07 Å². The number of aromatic nitrogens is 3. The third-order valence-electron chi connectivity index (χ3n) is 3.92. The molecule has 1 aliphatic heterocycles. The third kappa shape index (κ3) is 3.34. The summed E-state index contributed by atoms with van der Waals surface area (Å²) in [6, 6.07) is 7.32. The predicted octanol–water partition coefficient (Wildman–Crippen LogP) is 3.06. The Labute approximate surface area is 154 Å². The average Bonchev–Trinajstić information content (AvgIpc) is 3.19. The molecule has 1 aliphatic rings. The summed E-state index contributed by atoms with van der Waals surface area (Å²) in [4.78, 5) is 4.23. The third-order valence-corrected chi connectivity index (χ3v) is 4.51. The Hall–Kier alpha value is -2.48. The minimum absolute atomic E-state index is 0.465. The molecule has 0 spiro atoms. The molecule has 0 unspecified atom stereocenters. The summed E-state index contributed by atoms with van der Waals surface area (Å²) in [5, 5.41) is 5.66. The van der Waals surface area contributed by atoms with Gasteiger partial charge in [0.05, 0.1) is 18.4 Å². The average molecular weight is 376 g/mol. The summed E-state index contributed by atoms with van der Waals surface area (Å²) < 4.78 is 1.85. The molecule has 0 amide bonds. The summed E-state index contributed by atoms with van der Waals surface area (Å²) in [7, 11) is 0. The number of hydrogen-bond donors (Lipinski definition) is 4. The topological polar surface area (TPSA) is 92.8 Å². The van der Waals surface area contributed by atoms with Crippen molar-refractivity contribution in [3.8, 4) is 0 Å². The van der Waals surface area contributed by atoms with Crippen LogP contribution in [0.3, 0.4) is 0 Å². The molecule has 1 aromatic carbocycles. The van der Waals surface area contributed by atoms with Gasteiger partial charge in [-0.2, -0.15) is 5.10 Å². The van der Waals surface area contributed by atoms with E-state index in [0.717, 1.165) is 22.4 Å². The number of nitrogens with zero attached hydrogens (tertiary/aromatic N) is 3. The highest BCUT2D eigenvalue weighted by Crippen LogP contribution is 2.30. The first-order valence-corrected chi connectivity index (χ1v) is 8.36. The fraction of sp³-hybridized carbons (Fsp3) is 0.125. The summed E-state index contributed by atoms with van der Waals surface area (Å²) in [5.41, 5.74) is 18.6. The van der Waals surface area contributed by atoms with Gasteiger partial charge in [-0.15, -0.1) is 5.53 Å². The van der Waals surface area contributed by atoms with E-state index in [2.05, 4.69) is 26.5 Å². The van der Waals surface area contributed by atoms with Gasteiger partial charge in [0.1, 0.15) is 5.82 Å². The first-order chi connectivity index (χ1) is 12.1. The Bertz CT molecular complexity index is 938. The van der Waals surface area contributed by atoms with E-state index in [1.165, 1.54) is 0 Å². The van der Waals surface area contributed by atoms with Crippen LogP contribution < -0.4 is 22.1 Å². The van der Waals surface area contributed by atoms with Gasteiger partial charge < -0.3 is 11.2 Å². The van der Waals surface area contributed by atoms with Crippen molar-refractivity contribution in [2.75, 3.05) is 16.6 Å². The van der Waals surface area contributed by atoms with Gasteiger partial charge in [0.2, 0.25) is 0 Å². The Morgan fingerprint density at radius 1 is 1.12 bits per heavy atom. The number of anilines is 3. The molecule has 0 radical (unpaired) electrons. The van der Waals surface area contributed by atoms with Crippen LogP contribution in [-0.4, -0.2) is 14.8 Å². The van der Waals surface area contributed by atoms with Crippen LogP contribution in [0.1, 0.15) is 16.7 Å². The van der Waals surface area contributed by atoms with E-state index in [4.69, 9.17) is 28.9 Å². The number of nitrogen functional groups attached to an aromatic ring is 1. The number of nitrogens with two attached hydrogens (primary N) is 1. The number of nitrogens with one attached hydrogen (secondary N) is 3. The maximum Gasteiger partial charge on any atom is 0.169 e. The highest BCUT2D eigenvalue weighted by atomic mass is 35.5. The van der Waals surface area contributed by atoms with Gasteiger partial charge in [-0.1, -0.05) is 29.3 Å². The molecule has 7 nitrogen and oxygen atoms in total. The lowest BCUT2D eigenvalue weighted by Gasteiger charge is -2.07. The van der Waals surface area contributed by atoms with Gasteiger partial charge in [0, 0.05) is 22.7 Å². The van der Waals surface area contributed by atoms with E-state index in [9.17, 15) is 0 Å². The van der Waals surface area contributed by atoms with Crippen LogP contribution in [0, 0.1) is 0 Å². The number of benzene rings is 1. The van der Waals surface area contributed by atoms with Crippen molar-refractivity contribution < 1.29 is 0 Å². The molecule has 2 aromatic heterocycles. The monoisotopic (exact) mass is 375 g/mol. The lowest BCUT2D eigenvalue weighted by Crippen LogP contribution is -2.19. The van der Waals surface area contributed by atoms with Crippen LogP contribution in [0.15, 0.2) is 36.7 Å². The van der Waals surface area contributed by atoms with Crippen molar-refractivity contribution in [2.24, 2.45) is 0 Å². The summed E-state index contributed by atoms with van der Waals surface area (Å²) in [6.45, 7) is 0.577. The van der Waals surface area contributed by atoms with E-state index in [-0.39, 0.29) is 0 Å². The van der Waals surface area contributed by atoms with E-state index in [1.807, 2.05) is 35.3 Å². The van der Waals surface area contributed by atoms with Gasteiger partial charge in [-0.3, -0.25) is 10.1 Å². The summed E-state index contributed by atoms with van der Waals surface area (Å²) >= 11 is 12.2. The molecule has 3 heterocycles. The second-order valence-electron chi connectivity index (χ2n) is 5.76. The molecule has 4 rings (SSSR count). The van der Waals surface area contributed by atoms with Gasteiger partial charge >= 0.3 is 0 Å². The Balaban J connectivity index is 1.54. The van der Waals surface area contributed by atoms with Crippen LogP contribution in [0.25, 0.3) is 0 Å². The van der Waals surface area contributed by atoms with Crippen LogP contribution in [0.4, 0.5) is 17.3 Å². The second kappa shape index (κ2) is 6.44. The van der Waals surface area contributed by atoms with Crippen molar-refractivity contribution in [1.82, 2.24) is 20.3 Å². The standard InChI is InChI=1S/C16H15Cl2N7/c17-12-2-1-10(13(18)5-12)8-25-7-9(6-20-25)3-11-4-14(19)21-16-15(11)22-24-23-16/h1-2,4-7,22,24H,3,8H2,(H3,19,21,23). The minimum Gasteiger partial charge on any atom is -0.384 e. The van der Waals surface area contributed by atoms with Crippen LogP contribution in [-0.2, 0) is 13.0 Å². The number of pyridine rings is 1. The molecule has 0 saturated carbocycles. The van der Waals surface area contributed by atoms with Crippen LogP contribution in [0.2, 0.25) is 10.0 Å². The minimum atomic E-state index is 0.465. The van der Waals surface area contributed by atoms with E-state index >= 15 is 0 Å². The zero-order valence-corrected chi connectivity index (χ0v) is 14.6. The fourth-order valence-corrected chi connectivity index (χ4v) is 3.24. The molecule has 0 atom stereocenters. The number of rotatable bonds is 4. The largest absolute Gasteiger partial charge is 0.384 e. The molecule has 128 valence electrons. The first kappa shape index (κ1) is 16.0. The second-order valence-corrected chi connectivity index (χ2v) is 6.61. The molecule has 0 aliphatic carbocycles. The number of hydrogen-bond acceptors (Lipinski definition) is 6. The summed E-state index contributed by atoms with van der Waals surface area (Å²) in [5.74, 6) is 1.16. The smallest absolute Gasteiger partial charge is 0.169 e. The van der Waals surface area contributed by atoms with Crippen molar-refractivity contribution in [3.05, 3.63) is 63.4 Å². The Kier molecular flexibility index (Phi) is 4.12. The first-order valence-electron chi connectivity index (χ1n) is 7.60. The number of hydrazine groups is 2. The highest BCUT2D eigenvalue weighted by molar-refractivity contribution is 6.35. The van der Waals surface area contributed by atoms with Gasteiger partial charge in [-0.05, 0) is 34.9 Å². The highest BCUT2D eigenvalue weighted by Gasteiger charge is 2.17. The molecular formula is C16H15Cl2N7. The normalized spacial score (nSPS) is 12.6. The van der Waals surface area contributed by atoms with E-state index < -0.39 is 0 Å². The quantitative estimate of drug-likeness (QED) is 0.559. The zero-order chi connectivity index (χ0) is 17.4. The van der Waals surface area contributed by atoms with Crippen molar-refractivity contribution >= 4 is 40.5 Å². The fourth-order valence-electron chi connectivity index (χ4n) is 2.77.